The van der Waals surface area contributed by atoms with Gasteiger partial charge in [-0.1, -0.05) is 47.1 Å². The zero-order chi connectivity index (χ0) is 22.9. The Hall–Kier alpha value is -3.03. The molecule has 1 saturated heterocycles. The molecule has 0 unspecified atom stereocenters. The number of nitrogens with zero attached hydrogens (tertiary/aromatic N) is 4. The second-order valence-corrected chi connectivity index (χ2v) is 9.50. The highest BCUT2D eigenvalue weighted by molar-refractivity contribution is 7.10. The van der Waals surface area contributed by atoms with Crippen LogP contribution in [0.1, 0.15) is 45.6 Å². The van der Waals surface area contributed by atoms with Crippen LogP contribution in [0.2, 0.25) is 5.15 Å². The fourth-order valence-electron chi connectivity index (χ4n) is 4.24. The topological polar surface area (TPSA) is 72.1 Å². The minimum Gasteiger partial charge on any atom is -0.360 e. The number of pyridine rings is 1. The number of carbonyl (C=O) groups is 1. The number of aryl methyl sites for hydroxylation is 2. The number of amides is 1. The fraction of sp³-hybridized carbons (Fsp3) is 0.280. The molecule has 1 aromatic carbocycles. The van der Waals surface area contributed by atoms with E-state index in [0.29, 0.717) is 24.6 Å². The van der Waals surface area contributed by atoms with Crippen LogP contribution in [-0.4, -0.2) is 39.0 Å². The smallest absolute Gasteiger partial charge is 0.256 e. The monoisotopic (exact) mass is 478 g/mol. The Morgan fingerprint density at radius 2 is 1.85 bits per heavy atom. The molecule has 0 N–H and O–H groups in total. The summed E-state index contributed by atoms with van der Waals surface area (Å²) in [6.07, 6.45) is 1.73. The van der Waals surface area contributed by atoms with Gasteiger partial charge in [0.05, 0.1) is 21.8 Å². The van der Waals surface area contributed by atoms with E-state index < -0.39 is 0 Å². The van der Waals surface area contributed by atoms with Gasteiger partial charge in [0.15, 0.2) is 0 Å². The molecule has 0 spiro atoms. The molecular weight excluding hydrogens is 456 g/mol. The molecular formula is C25H23ClN4O2S. The third-order valence-corrected chi connectivity index (χ3v) is 7.33. The zero-order valence-electron chi connectivity index (χ0n) is 18.4. The summed E-state index contributed by atoms with van der Waals surface area (Å²) in [5.41, 5.74) is 4.92. The maximum absolute atomic E-state index is 12.9. The summed E-state index contributed by atoms with van der Waals surface area (Å²) < 4.78 is 5.51. The van der Waals surface area contributed by atoms with Crippen molar-refractivity contribution in [1.29, 1.82) is 0 Å². The number of halogens is 1. The van der Waals surface area contributed by atoms with Gasteiger partial charge in [0.25, 0.3) is 5.91 Å². The van der Waals surface area contributed by atoms with Crippen molar-refractivity contribution in [1.82, 2.24) is 20.0 Å². The normalized spacial score (nSPS) is 14.6. The molecule has 1 aliphatic rings. The number of aromatic nitrogens is 3. The minimum atomic E-state index is -0.0571. The molecule has 168 valence electrons. The first-order chi connectivity index (χ1) is 16.0. The second-order valence-electron chi connectivity index (χ2n) is 8.26. The number of hydrogen-bond donors (Lipinski definition) is 0. The van der Waals surface area contributed by atoms with E-state index in [1.807, 2.05) is 55.1 Å². The van der Waals surface area contributed by atoms with Crippen molar-refractivity contribution < 1.29 is 9.32 Å². The quantitative estimate of drug-likeness (QED) is 0.329. The minimum absolute atomic E-state index is 0.0571. The molecule has 0 saturated carbocycles. The third-order valence-electron chi connectivity index (χ3n) is 6.04. The van der Waals surface area contributed by atoms with Crippen LogP contribution < -0.4 is 0 Å². The summed E-state index contributed by atoms with van der Waals surface area (Å²) in [4.78, 5) is 23.9. The Labute approximate surface area is 201 Å². The number of rotatable bonds is 4. The standard InChI is InChI=1S/C25H23ClN4O2S/c1-15-8-9-19(23(26)27-15)25(31)30-12-10-18(11-13-30)24-28-20(14-33-24)21-16(2)32-29-22(21)17-6-4-3-5-7-17/h3-9,14,18H,10-13H2,1-2H3. The predicted octanol–water partition coefficient (Wildman–Crippen LogP) is 6.15. The van der Waals surface area contributed by atoms with E-state index in [0.717, 1.165) is 51.8 Å². The van der Waals surface area contributed by atoms with Crippen molar-refractivity contribution in [2.24, 2.45) is 0 Å². The molecule has 1 fully saturated rings. The maximum atomic E-state index is 12.9. The van der Waals surface area contributed by atoms with Gasteiger partial charge in [0.1, 0.15) is 16.6 Å². The Morgan fingerprint density at radius 1 is 1.09 bits per heavy atom. The van der Waals surface area contributed by atoms with E-state index in [4.69, 9.17) is 21.1 Å². The van der Waals surface area contributed by atoms with Crippen LogP contribution in [0.3, 0.4) is 0 Å². The van der Waals surface area contributed by atoms with Gasteiger partial charge in [0.2, 0.25) is 0 Å². The Kier molecular flexibility index (Phi) is 6.00. The molecule has 33 heavy (non-hydrogen) atoms. The highest BCUT2D eigenvalue weighted by atomic mass is 35.5. The number of benzene rings is 1. The average Bonchev–Trinajstić information content (AvgIpc) is 3.46. The lowest BCUT2D eigenvalue weighted by Crippen LogP contribution is -2.38. The van der Waals surface area contributed by atoms with Crippen molar-refractivity contribution in [3.05, 3.63) is 75.0 Å². The lowest BCUT2D eigenvalue weighted by Gasteiger charge is -2.31. The fourth-order valence-corrected chi connectivity index (χ4v) is 5.50. The van der Waals surface area contributed by atoms with Gasteiger partial charge in [-0.2, -0.15) is 0 Å². The summed E-state index contributed by atoms with van der Waals surface area (Å²) in [6, 6.07) is 13.6. The molecule has 4 heterocycles. The number of carbonyl (C=O) groups excluding carboxylic acids is 1. The van der Waals surface area contributed by atoms with Crippen LogP contribution in [0.5, 0.6) is 0 Å². The number of hydrogen-bond acceptors (Lipinski definition) is 6. The molecule has 8 heteroatoms. The number of piperidine rings is 1. The average molecular weight is 479 g/mol. The van der Waals surface area contributed by atoms with Gasteiger partial charge in [-0.3, -0.25) is 4.79 Å². The predicted molar refractivity (Wildman–Crippen MR) is 130 cm³/mol. The van der Waals surface area contributed by atoms with E-state index in [1.165, 1.54) is 0 Å². The van der Waals surface area contributed by atoms with Crippen LogP contribution in [0.25, 0.3) is 22.5 Å². The third kappa shape index (κ3) is 4.30. The first-order valence-corrected chi connectivity index (χ1v) is 12.2. The molecule has 1 amide bonds. The van der Waals surface area contributed by atoms with Gasteiger partial charge in [-0.05, 0) is 38.8 Å². The maximum Gasteiger partial charge on any atom is 0.256 e. The second kappa shape index (κ2) is 9.08. The van der Waals surface area contributed by atoms with E-state index in [-0.39, 0.29) is 11.1 Å². The molecule has 0 aliphatic carbocycles. The lowest BCUT2D eigenvalue weighted by atomic mass is 9.97. The van der Waals surface area contributed by atoms with Crippen molar-refractivity contribution in [2.75, 3.05) is 13.1 Å². The molecule has 3 aromatic heterocycles. The molecule has 0 bridgehead atoms. The summed E-state index contributed by atoms with van der Waals surface area (Å²) >= 11 is 7.87. The molecule has 5 rings (SSSR count). The van der Waals surface area contributed by atoms with Gasteiger partial charge in [-0.25, -0.2) is 9.97 Å². The molecule has 0 radical (unpaired) electrons. The summed E-state index contributed by atoms with van der Waals surface area (Å²) in [6.45, 7) is 5.12. The zero-order valence-corrected chi connectivity index (χ0v) is 20.0. The van der Waals surface area contributed by atoms with Gasteiger partial charge < -0.3 is 9.42 Å². The molecule has 0 atom stereocenters. The molecule has 4 aromatic rings. The van der Waals surface area contributed by atoms with Gasteiger partial charge in [-0.15, -0.1) is 11.3 Å². The highest BCUT2D eigenvalue weighted by Gasteiger charge is 2.28. The number of likely N-dealkylation sites (tertiary alicyclic amines) is 1. The van der Waals surface area contributed by atoms with Crippen molar-refractivity contribution >= 4 is 28.8 Å². The van der Waals surface area contributed by atoms with Gasteiger partial charge >= 0.3 is 0 Å². The molecule has 1 aliphatic heterocycles. The number of thiazole rings is 1. The summed E-state index contributed by atoms with van der Waals surface area (Å²) in [5, 5.41) is 7.72. The Balaban J connectivity index is 1.31. The first kappa shape index (κ1) is 21.8. The molecule has 6 nitrogen and oxygen atoms in total. The van der Waals surface area contributed by atoms with Gasteiger partial charge in [0, 0.05) is 35.6 Å². The Bertz CT molecular complexity index is 1290. The van der Waals surface area contributed by atoms with Crippen LogP contribution in [0.15, 0.2) is 52.4 Å². The van der Waals surface area contributed by atoms with Crippen LogP contribution >= 0.6 is 22.9 Å². The van der Waals surface area contributed by atoms with E-state index >= 15 is 0 Å². The SMILES string of the molecule is Cc1ccc(C(=O)N2CCC(c3nc(-c4c(-c5ccccc5)noc4C)cs3)CC2)c(Cl)n1. The van der Waals surface area contributed by atoms with Crippen LogP contribution in [0.4, 0.5) is 0 Å². The van der Waals surface area contributed by atoms with Crippen molar-refractivity contribution in [3.63, 3.8) is 0 Å². The van der Waals surface area contributed by atoms with Crippen LogP contribution in [0, 0.1) is 13.8 Å². The lowest BCUT2D eigenvalue weighted by molar-refractivity contribution is 0.0712. The van der Waals surface area contributed by atoms with Crippen molar-refractivity contribution in [2.45, 2.75) is 32.6 Å². The Morgan fingerprint density at radius 3 is 2.58 bits per heavy atom. The van der Waals surface area contributed by atoms with E-state index in [9.17, 15) is 4.79 Å². The summed E-state index contributed by atoms with van der Waals surface area (Å²) in [7, 11) is 0. The first-order valence-electron chi connectivity index (χ1n) is 10.9. The van der Waals surface area contributed by atoms with Crippen molar-refractivity contribution in [3.8, 4) is 22.5 Å². The van der Waals surface area contributed by atoms with Crippen LogP contribution in [-0.2, 0) is 0 Å². The summed E-state index contributed by atoms with van der Waals surface area (Å²) in [5.74, 6) is 1.02. The largest absolute Gasteiger partial charge is 0.360 e. The van der Waals surface area contributed by atoms with E-state index in [2.05, 4.69) is 15.5 Å². The highest BCUT2D eigenvalue weighted by Crippen LogP contribution is 2.38. The van der Waals surface area contributed by atoms with E-state index in [1.54, 1.807) is 17.4 Å².